The molecule has 0 radical (unpaired) electrons. The van der Waals surface area contributed by atoms with E-state index in [2.05, 4.69) is 24.4 Å². The lowest BCUT2D eigenvalue weighted by Crippen LogP contribution is -3.06. The molecule has 3 rings (SSSR count). The van der Waals surface area contributed by atoms with Crippen LogP contribution in [0.2, 0.25) is 0 Å². The number of amides is 1. The number of hydrogen-bond acceptors (Lipinski definition) is 2. The normalized spacial score (nSPS) is 12.3. The molecular weight excluding hydrogens is 298 g/mol. The maximum Gasteiger partial charge on any atom is 0.270 e. The van der Waals surface area contributed by atoms with E-state index >= 15 is 0 Å². The molecule has 2 aromatic carbocycles. The molecule has 2 N–H and O–H groups in total. The van der Waals surface area contributed by atoms with Crippen LogP contribution in [0.5, 0.6) is 0 Å². The molecule has 0 saturated heterocycles. The van der Waals surface area contributed by atoms with Crippen molar-refractivity contribution in [3.63, 3.8) is 0 Å². The number of para-hydroxylation sites is 1. The molecule has 24 heavy (non-hydrogen) atoms. The first-order valence-electron chi connectivity index (χ1n) is 8.14. The lowest BCUT2D eigenvalue weighted by molar-refractivity contribution is -0.860. The van der Waals surface area contributed by atoms with E-state index in [1.165, 1.54) is 4.90 Å². The molecule has 0 fully saturated rings. The number of fused-ring (bicyclic) bond motifs is 1. The van der Waals surface area contributed by atoms with Crippen LogP contribution in [-0.2, 0) is 0 Å². The maximum atomic E-state index is 12.7. The molecule has 0 aliphatic heterocycles. The van der Waals surface area contributed by atoms with Gasteiger partial charge in [0.05, 0.1) is 19.6 Å². The predicted molar refractivity (Wildman–Crippen MR) is 96.1 cm³/mol. The van der Waals surface area contributed by atoms with Gasteiger partial charge in [-0.25, -0.2) is 4.98 Å². The zero-order chi connectivity index (χ0) is 16.9. The number of rotatable bonds is 5. The Morgan fingerprint density at radius 3 is 2.46 bits per heavy atom. The number of aromatic nitrogens is 1. The summed E-state index contributed by atoms with van der Waals surface area (Å²) in [5.74, 6) is -0.143. The lowest BCUT2D eigenvalue weighted by atomic mass is 10.1. The highest BCUT2D eigenvalue weighted by Gasteiger charge is 2.19. The van der Waals surface area contributed by atoms with Crippen molar-refractivity contribution in [3.8, 4) is 0 Å². The molecule has 4 nitrogen and oxygen atoms in total. The van der Waals surface area contributed by atoms with Crippen molar-refractivity contribution < 1.29 is 9.69 Å². The maximum absolute atomic E-state index is 12.7. The molecule has 0 saturated carbocycles. The molecule has 0 aliphatic carbocycles. The summed E-state index contributed by atoms with van der Waals surface area (Å²) in [7, 11) is 4.16. The molecule has 0 aliphatic rings. The predicted octanol–water partition coefficient (Wildman–Crippen LogP) is 1.85. The van der Waals surface area contributed by atoms with Crippen LogP contribution in [0.25, 0.3) is 10.9 Å². The van der Waals surface area contributed by atoms with Crippen LogP contribution in [-0.4, -0.2) is 31.5 Å². The smallest absolute Gasteiger partial charge is 0.270 e. The fraction of sp³-hybridized carbons (Fsp3) is 0.200. The Hall–Kier alpha value is -2.72. The molecule has 1 atom stereocenters. The molecule has 0 spiro atoms. The van der Waals surface area contributed by atoms with Crippen LogP contribution in [0.3, 0.4) is 0 Å². The molecule has 1 heterocycles. The lowest BCUT2D eigenvalue weighted by Gasteiger charge is -2.20. The van der Waals surface area contributed by atoms with Crippen molar-refractivity contribution in [1.29, 1.82) is 0 Å². The van der Waals surface area contributed by atoms with Crippen molar-refractivity contribution in [1.82, 2.24) is 10.3 Å². The second-order valence-corrected chi connectivity index (χ2v) is 6.24. The van der Waals surface area contributed by atoms with Gasteiger partial charge in [0.15, 0.2) is 0 Å². The first kappa shape index (κ1) is 16.1. The Labute approximate surface area is 142 Å². The molecule has 1 aromatic heterocycles. The third kappa shape index (κ3) is 3.78. The van der Waals surface area contributed by atoms with Gasteiger partial charge in [-0.3, -0.25) is 4.79 Å². The Kier molecular flexibility index (Phi) is 4.87. The topological polar surface area (TPSA) is 46.4 Å². The minimum absolute atomic E-state index is 0.0445. The highest BCUT2D eigenvalue weighted by Crippen LogP contribution is 2.14. The van der Waals surface area contributed by atoms with Gasteiger partial charge in [-0.1, -0.05) is 54.6 Å². The monoisotopic (exact) mass is 320 g/mol. The summed E-state index contributed by atoms with van der Waals surface area (Å²) in [6.45, 7) is 0.809. The highest BCUT2D eigenvalue weighted by molar-refractivity contribution is 5.95. The SMILES string of the molecule is C[NH+](C)C[C@@H](NC(=O)c1ccc2ccccc2n1)c1ccccc1. The number of quaternary nitrogens is 1. The number of likely N-dealkylation sites (N-methyl/N-ethyl adjacent to an activating group) is 1. The van der Waals surface area contributed by atoms with Crippen LogP contribution >= 0.6 is 0 Å². The van der Waals surface area contributed by atoms with Crippen molar-refractivity contribution in [2.24, 2.45) is 0 Å². The average molecular weight is 320 g/mol. The zero-order valence-electron chi connectivity index (χ0n) is 14.0. The molecule has 122 valence electrons. The number of nitrogens with one attached hydrogen (secondary N) is 2. The first-order valence-corrected chi connectivity index (χ1v) is 8.14. The summed E-state index contributed by atoms with van der Waals surface area (Å²) >= 11 is 0. The van der Waals surface area contributed by atoms with Crippen LogP contribution in [0, 0.1) is 0 Å². The van der Waals surface area contributed by atoms with Gasteiger partial charge in [0.2, 0.25) is 0 Å². The summed E-state index contributed by atoms with van der Waals surface area (Å²) in [4.78, 5) is 18.4. The number of carbonyl (C=O) groups is 1. The number of hydrogen-bond donors (Lipinski definition) is 2. The Morgan fingerprint density at radius 1 is 1.00 bits per heavy atom. The van der Waals surface area contributed by atoms with E-state index in [-0.39, 0.29) is 11.9 Å². The zero-order valence-corrected chi connectivity index (χ0v) is 14.0. The minimum Gasteiger partial charge on any atom is -0.338 e. The van der Waals surface area contributed by atoms with Crippen molar-refractivity contribution in [2.45, 2.75) is 6.04 Å². The van der Waals surface area contributed by atoms with Crippen LogP contribution in [0.4, 0.5) is 0 Å². The minimum atomic E-state index is -0.143. The Morgan fingerprint density at radius 2 is 1.71 bits per heavy atom. The standard InChI is InChI=1S/C20H21N3O/c1-23(2)14-19(15-8-4-3-5-9-15)22-20(24)18-13-12-16-10-6-7-11-17(16)21-18/h3-13,19H,14H2,1-2H3,(H,22,24)/p+1/t19-/m1/s1. The molecular formula is C20H22N3O+. The first-order chi connectivity index (χ1) is 11.6. The van der Waals surface area contributed by atoms with Crippen molar-refractivity contribution >= 4 is 16.8 Å². The fourth-order valence-corrected chi connectivity index (χ4v) is 2.77. The van der Waals surface area contributed by atoms with Gasteiger partial charge < -0.3 is 10.2 Å². The number of benzene rings is 2. The fourth-order valence-electron chi connectivity index (χ4n) is 2.77. The number of nitrogens with zero attached hydrogens (tertiary/aromatic N) is 1. The third-order valence-corrected chi connectivity index (χ3v) is 3.95. The number of carbonyl (C=O) groups excluding carboxylic acids is 1. The van der Waals surface area contributed by atoms with Gasteiger partial charge >= 0.3 is 0 Å². The molecule has 4 heteroatoms. The van der Waals surface area contributed by atoms with Gasteiger partial charge in [0, 0.05) is 5.39 Å². The molecule has 3 aromatic rings. The van der Waals surface area contributed by atoms with E-state index in [4.69, 9.17) is 0 Å². The van der Waals surface area contributed by atoms with E-state index in [0.29, 0.717) is 5.69 Å². The van der Waals surface area contributed by atoms with E-state index in [1.54, 1.807) is 6.07 Å². The van der Waals surface area contributed by atoms with Crippen molar-refractivity contribution in [3.05, 3.63) is 78.0 Å². The summed E-state index contributed by atoms with van der Waals surface area (Å²) in [6.07, 6.45) is 0. The largest absolute Gasteiger partial charge is 0.338 e. The van der Waals surface area contributed by atoms with Crippen molar-refractivity contribution in [2.75, 3.05) is 20.6 Å². The van der Waals surface area contributed by atoms with E-state index in [1.807, 2.05) is 60.7 Å². The van der Waals surface area contributed by atoms with Gasteiger partial charge in [0.25, 0.3) is 5.91 Å². The summed E-state index contributed by atoms with van der Waals surface area (Å²) < 4.78 is 0. The summed E-state index contributed by atoms with van der Waals surface area (Å²) in [5, 5.41) is 4.16. The van der Waals surface area contributed by atoms with Gasteiger partial charge in [-0.15, -0.1) is 0 Å². The van der Waals surface area contributed by atoms with Crippen LogP contribution < -0.4 is 10.2 Å². The summed E-state index contributed by atoms with van der Waals surface area (Å²) in [5.41, 5.74) is 2.39. The third-order valence-electron chi connectivity index (χ3n) is 3.95. The Bertz CT molecular complexity index is 830. The second kappa shape index (κ2) is 7.23. The van der Waals surface area contributed by atoms with Gasteiger partial charge in [-0.2, -0.15) is 0 Å². The van der Waals surface area contributed by atoms with E-state index < -0.39 is 0 Å². The van der Waals surface area contributed by atoms with Gasteiger partial charge in [-0.05, 0) is 17.7 Å². The highest BCUT2D eigenvalue weighted by atomic mass is 16.1. The molecule has 0 unspecified atom stereocenters. The summed E-state index contributed by atoms with van der Waals surface area (Å²) in [6, 6.07) is 21.5. The molecule has 0 bridgehead atoms. The van der Waals surface area contributed by atoms with Crippen LogP contribution in [0.1, 0.15) is 22.1 Å². The van der Waals surface area contributed by atoms with Gasteiger partial charge in [0.1, 0.15) is 18.3 Å². The van der Waals surface area contributed by atoms with E-state index in [9.17, 15) is 4.79 Å². The average Bonchev–Trinajstić information content (AvgIpc) is 2.61. The Balaban J connectivity index is 1.84. The number of pyridine rings is 1. The second-order valence-electron chi connectivity index (χ2n) is 6.24. The van der Waals surface area contributed by atoms with Crippen LogP contribution in [0.15, 0.2) is 66.7 Å². The van der Waals surface area contributed by atoms with E-state index in [0.717, 1.165) is 23.0 Å². The molecule has 1 amide bonds. The quantitative estimate of drug-likeness (QED) is 0.754.